The van der Waals surface area contributed by atoms with Crippen molar-refractivity contribution in [1.29, 1.82) is 0 Å². The first-order chi connectivity index (χ1) is 13.9. The number of unbranched alkanes of at least 4 members (excludes halogenated alkanes) is 1. The fraction of sp³-hybridized carbons (Fsp3) is 0.591. The molecule has 0 aromatic heterocycles. The monoisotopic (exact) mass is 406 g/mol. The number of esters is 1. The van der Waals surface area contributed by atoms with Gasteiger partial charge in [0.1, 0.15) is 18.7 Å². The fourth-order valence-electron chi connectivity index (χ4n) is 2.78. The lowest BCUT2D eigenvalue weighted by molar-refractivity contribution is -0.147. The highest BCUT2D eigenvalue weighted by molar-refractivity contribution is 5.89. The van der Waals surface area contributed by atoms with Gasteiger partial charge in [-0.05, 0) is 31.2 Å². The molecule has 7 nitrogen and oxygen atoms in total. The van der Waals surface area contributed by atoms with E-state index in [1.54, 1.807) is 6.92 Å². The predicted octanol–water partition coefficient (Wildman–Crippen LogP) is 3.57. The third-order valence-electron chi connectivity index (χ3n) is 4.26. The van der Waals surface area contributed by atoms with E-state index in [2.05, 4.69) is 10.6 Å². The molecule has 1 rings (SSSR count). The van der Waals surface area contributed by atoms with Gasteiger partial charge >= 0.3 is 12.1 Å². The van der Waals surface area contributed by atoms with E-state index in [0.717, 1.165) is 18.4 Å². The van der Waals surface area contributed by atoms with Gasteiger partial charge in [0, 0.05) is 0 Å². The number of hydrogen-bond acceptors (Lipinski definition) is 5. The van der Waals surface area contributed by atoms with Crippen LogP contribution in [0, 0.1) is 5.92 Å². The van der Waals surface area contributed by atoms with Gasteiger partial charge in [0.25, 0.3) is 0 Å². The van der Waals surface area contributed by atoms with Crippen LogP contribution in [-0.4, -0.2) is 36.7 Å². The van der Waals surface area contributed by atoms with Gasteiger partial charge in [0.05, 0.1) is 6.61 Å². The molecule has 2 amide bonds. The standard InChI is InChI=1S/C22H34N2O5/c1-5-7-13-18(21(26)28-6-2)23-20(25)19(14-16(3)4)24-22(27)29-15-17-11-9-8-10-12-17/h8-12,16,18-19H,5-7,13-15H2,1-4H3,(H,23,25)(H,24,27)/t18-,19-/m0/s1. The van der Waals surface area contributed by atoms with E-state index in [1.807, 2.05) is 51.1 Å². The number of ether oxygens (including phenoxy) is 2. The van der Waals surface area contributed by atoms with Gasteiger partial charge in [-0.15, -0.1) is 0 Å². The van der Waals surface area contributed by atoms with E-state index in [0.29, 0.717) is 12.8 Å². The molecule has 1 aromatic carbocycles. The molecule has 0 spiro atoms. The number of benzene rings is 1. The Morgan fingerprint density at radius 3 is 2.24 bits per heavy atom. The molecular weight excluding hydrogens is 372 g/mol. The Balaban J connectivity index is 2.71. The molecule has 0 aliphatic rings. The van der Waals surface area contributed by atoms with Crippen LogP contribution in [0.1, 0.15) is 58.9 Å². The summed E-state index contributed by atoms with van der Waals surface area (Å²) in [7, 11) is 0. The van der Waals surface area contributed by atoms with Gasteiger partial charge in [0.15, 0.2) is 0 Å². The highest BCUT2D eigenvalue weighted by Crippen LogP contribution is 2.09. The maximum atomic E-state index is 12.8. The van der Waals surface area contributed by atoms with Crippen LogP contribution in [0.15, 0.2) is 30.3 Å². The maximum Gasteiger partial charge on any atom is 0.408 e. The fourth-order valence-corrected chi connectivity index (χ4v) is 2.78. The van der Waals surface area contributed by atoms with Crippen molar-refractivity contribution in [2.24, 2.45) is 5.92 Å². The quantitative estimate of drug-likeness (QED) is 0.518. The van der Waals surface area contributed by atoms with Crippen LogP contribution in [0.5, 0.6) is 0 Å². The third kappa shape index (κ3) is 9.96. The molecule has 0 bridgehead atoms. The number of alkyl carbamates (subject to hydrolysis) is 1. The van der Waals surface area contributed by atoms with Crippen LogP contribution in [0.2, 0.25) is 0 Å². The van der Waals surface area contributed by atoms with Crippen molar-refractivity contribution in [2.45, 2.75) is 72.1 Å². The zero-order valence-corrected chi connectivity index (χ0v) is 17.9. The first-order valence-corrected chi connectivity index (χ1v) is 10.3. The average Bonchev–Trinajstić information content (AvgIpc) is 2.69. The second kappa shape index (κ2) is 13.6. The zero-order valence-electron chi connectivity index (χ0n) is 17.9. The van der Waals surface area contributed by atoms with E-state index in [-0.39, 0.29) is 19.1 Å². The van der Waals surface area contributed by atoms with Gasteiger partial charge in [0.2, 0.25) is 5.91 Å². The van der Waals surface area contributed by atoms with Gasteiger partial charge in [-0.25, -0.2) is 9.59 Å². The average molecular weight is 407 g/mol. The number of carbonyl (C=O) groups is 3. The summed E-state index contributed by atoms with van der Waals surface area (Å²) >= 11 is 0. The van der Waals surface area contributed by atoms with Gasteiger partial charge in [-0.3, -0.25) is 4.79 Å². The highest BCUT2D eigenvalue weighted by Gasteiger charge is 2.28. The molecule has 0 aliphatic heterocycles. The molecule has 0 saturated carbocycles. The Hall–Kier alpha value is -2.57. The van der Waals surface area contributed by atoms with Crippen molar-refractivity contribution in [3.05, 3.63) is 35.9 Å². The molecule has 2 atom stereocenters. The minimum atomic E-state index is -0.795. The molecule has 0 fully saturated rings. The molecule has 7 heteroatoms. The van der Waals surface area contributed by atoms with Crippen molar-refractivity contribution < 1.29 is 23.9 Å². The first-order valence-electron chi connectivity index (χ1n) is 10.3. The minimum Gasteiger partial charge on any atom is -0.464 e. The normalized spacial score (nSPS) is 12.7. The number of amides is 2. The Bertz CT molecular complexity index is 633. The Kier molecular flexibility index (Phi) is 11.5. The van der Waals surface area contributed by atoms with Crippen molar-refractivity contribution in [2.75, 3.05) is 6.61 Å². The topological polar surface area (TPSA) is 93.7 Å². The Labute approximate surface area is 173 Å². The second-order valence-electron chi connectivity index (χ2n) is 7.34. The summed E-state index contributed by atoms with van der Waals surface area (Å²) in [5, 5.41) is 5.36. The van der Waals surface area contributed by atoms with E-state index in [1.165, 1.54) is 0 Å². The summed E-state index contributed by atoms with van der Waals surface area (Å²) in [6.07, 6.45) is 1.93. The zero-order chi connectivity index (χ0) is 21.6. The van der Waals surface area contributed by atoms with Crippen LogP contribution in [0.3, 0.4) is 0 Å². The second-order valence-corrected chi connectivity index (χ2v) is 7.34. The maximum absolute atomic E-state index is 12.8. The van der Waals surface area contributed by atoms with Crippen LogP contribution >= 0.6 is 0 Å². The summed E-state index contributed by atoms with van der Waals surface area (Å²) in [5.74, 6) is -0.703. The highest BCUT2D eigenvalue weighted by atomic mass is 16.5. The number of rotatable bonds is 12. The number of carbonyl (C=O) groups excluding carboxylic acids is 3. The number of nitrogens with one attached hydrogen (secondary N) is 2. The number of hydrogen-bond donors (Lipinski definition) is 2. The smallest absolute Gasteiger partial charge is 0.408 e. The lowest BCUT2D eigenvalue weighted by Gasteiger charge is -2.23. The molecule has 0 heterocycles. The SMILES string of the molecule is CCCC[C@H](NC(=O)[C@H](CC(C)C)NC(=O)OCc1ccccc1)C(=O)OCC. The van der Waals surface area contributed by atoms with Gasteiger partial charge in [-0.2, -0.15) is 0 Å². The Morgan fingerprint density at radius 2 is 1.66 bits per heavy atom. The first kappa shape index (κ1) is 24.5. The molecule has 0 unspecified atom stereocenters. The van der Waals surface area contributed by atoms with E-state index in [4.69, 9.17) is 9.47 Å². The summed E-state index contributed by atoms with van der Waals surface area (Å²) in [4.78, 5) is 37.1. The predicted molar refractivity (Wildman–Crippen MR) is 111 cm³/mol. The van der Waals surface area contributed by atoms with Crippen molar-refractivity contribution in [3.8, 4) is 0 Å². The summed E-state index contributed by atoms with van der Waals surface area (Å²) in [5.41, 5.74) is 0.856. The molecule has 0 radical (unpaired) electrons. The molecule has 0 saturated heterocycles. The molecule has 1 aromatic rings. The van der Waals surface area contributed by atoms with Crippen molar-refractivity contribution >= 4 is 18.0 Å². The largest absolute Gasteiger partial charge is 0.464 e. The minimum absolute atomic E-state index is 0.116. The van der Waals surface area contributed by atoms with Crippen molar-refractivity contribution in [3.63, 3.8) is 0 Å². The lowest BCUT2D eigenvalue weighted by atomic mass is 10.0. The Morgan fingerprint density at radius 1 is 0.966 bits per heavy atom. The summed E-state index contributed by atoms with van der Waals surface area (Å²) in [6, 6.07) is 7.78. The third-order valence-corrected chi connectivity index (χ3v) is 4.26. The van der Waals surface area contributed by atoms with Gasteiger partial charge < -0.3 is 20.1 Å². The molecule has 162 valence electrons. The van der Waals surface area contributed by atoms with Crippen LogP contribution in [0.25, 0.3) is 0 Å². The lowest BCUT2D eigenvalue weighted by Crippen LogP contribution is -2.52. The van der Waals surface area contributed by atoms with E-state index in [9.17, 15) is 14.4 Å². The molecule has 2 N–H and O–H groups in total. The van der Waals surface area contributed by atoms with Crippen LogP contribution < -0.4 is 10.6 Å². The molecule has 29 heavy (non-hydrogen) atoms. The van der Waals surface area contributed by atoms with Crippen LogP contribution in [-0.2, 0) is 25.7 Å². The van der Waals surface area contributed by atoms with E-state index < -0.39 is 30.1 Å². The van der Waals surface area contributed by atoms with Crippen LogP contribution in [0.4, 0.5) is 4.79 Å². The van der Waals surface area contributed by atoms with Gasteiger partial charge in [-0.1, -0.05) is 63.9 Å². The molecule has 0 aliphatic carbocycles. The van der Waals surface area contributed by atoms with Crippen molar-refractivity contribution in [1.82, 2.24) is 10.6 Å². The molecular formula is C22H34N2O5. The summed E-state index contributed by atoms with van der Waals surface area (Å²) < 4.78 is 10.3. The van der Waals surface area contributed by atoms with E-state index >= 15 is 0 Å². The summed E-state index contributed by atoms with van der Waals surface area (Å²) in [6.45, 7) is 8.01.